The number of halogens is 1. The molecule has 6 nitrogen and oxygen atoms in total. The van der Waals surface area contributed by atoms with Gasteiger partial charge in [-0.15, -0.1) is 10.2 Å². The van der Waals surface area contributed by atoms with Crippen LogP contribution in [0, 0.1) is 12.7 Å². The second kappa shape index (κ2) is 7.29. The van der Waals surface area contributed by atoms with Gasteiger partial charge in [0.25, 0.3) is 0 Å². The number of aryl methyl sites for hydroxylation is 1. The molecule has 1 atom stereocenters. The number of benzene rings is 1. The molecule has 2 aromatic heterocycles. The Morgan fingerprint density at radius 1 is 1.28 bits per heavy atom. The second-order valence-corrected chi connectivity index (χ2v) is 5.85. The van der Waals surface area contributed by atoms with Crippen LogP contribution in [-0.4, -0.2) is 27.6 Å². The quantitative estimate of drug-likeness (QED) is 0.566. The van der Waals surface area contributed by atoms with Crippen molar-refractivity contribution in [2.75, 3.05) is 7.05 Å². The summed E-state index contributed by atoms with van der Waals surface area (Å²) in [6.07, 6.45) is 1.92. The topological polar surface area (TPSA) is 66.6 Å². The van der Waals surface area contributed by atoms with Crippen LogP contribution in [0.3, 0.4) is 0 Å². The molecular weight excluding hydrogens is 319 g/mol. The molecule has 0 aliphatic rings. The first-order chi connectivity index (χ1) is 12.1. The van der Waals surface area contributed by atoms with Crippen LogP contribution in [0.1, 0.15) is 29.9 Å². The molecule has 130 valence electrons. The van der Waals surface area contributed by atoms with Crippen molar-refractivity contribution < 1.29 is 4.39 Å². The first-order valence-electron chi connectivity index (χ1n) is 8.10. The van der Waals surface area contributed by atoms with Gasteiger partial charge in [0.1, 0.15) is 5.82 Å². The molecule has 25 heavy (non-hydrogen) atoms. The van der Waals surface area contributed by atoms with E-state index in [-0.39, 0.29) is 11.9 Å². The number of aromatic nitrogens is 3. The minimum atomic E-state index is -0.205. The minimum Gasteiger partial charge on any atom is -0.350 e. The normalized spacial score (nSPS) is 13.0. The molecule has 0 fully saturated rings. The summed E-state index contributed by atoms with van der Waals surface area (Å²) in [4.78, 5) is 4.22. The van der Waals surface area contributed by atoms with Crippen molar-refractivity contribution in [2.45, 2.75) is 26.4 Å². The van der Waals surface area contributed by atoms with Gasteiger partial charge in [-0.2, -0.15) is 0 Å². The van der Waals surface area contributed by atoms with Crippen molar-refractivity contribution >= 4 is 11.6 Å². The van der Waals surface area contributed by atoms with Gasteiger partial charge in [-0.3, -0.25) is 9.39 Å². The summed E-state index contributed by atoms with van der Waals surface area (Å²) in [6, 6.07) is 10.9. The van der Waals surface area contributed by atoms with Gasteiger partial charge in [0, 0.05) is 13.2 Å². The van der Waals surface area contributed by atoms with Gasteiger partial charge < -0.3 is 10.6 Å². The predicted molar refractivity (Wildman–Crippen MR) is 95.9 cm³/mol. The Balaban J connectivity index is 1.65. The summed E-state index contributed by atoms with van der Waals surface area (Å²) in [7, 11) is 1.69. The number of rotatable bonds is 4. The molecule has 7 heteroatoms. The summed E-state index contributed by atoms with van der Waals surface area (Å²) in [6.45, 7) is 4.18. The smallest absolute Gasteiger partial charge is 0.191 e. The highest BCUT2D eigenvalue weighted by molar-refractivity contribution is 5.80. The Labute approximate surface area is 145 Å². The molecule has 0 aliphatic heterocycles. The number of hydrogen-bond donors (Lipinski definition) is 2. The highest BCUT2D eigenvalue weighted by Gasteiger charge is 2.11. The van der Waals surface area contributed by atoms with Crippen molar-refractivity contribution in [2.24, 2.45) is 4.99 Å². The third kappa shape index (κ3) is 3.76. The number of fused-ring (bicyclic) bond motifs is 1. The van der Waals surface area contributed by atoms with Crippen LogP contribution < -0.4 is 10.6 Å². The monoisotopic (exact) mass is 340 g/mol. The first-order valence-corrected chi connectivity index (χ1v) is 8.10. The van der Waals surface area contributed by atoms with Gasteiger partial charge in [-0.1, -0.05) is 18.2 Å². The van der Waals surface area contributed by atoms with Crippen molar-refractivity contribution in [3.05, 3.63) is 65.4 Å². The third-order valence-corrected chi connectivity index (χ3v) is 4.07. The van der Waals surface area contributed by atoms with E-state index in [1.54, 1.807) is 26.1 Å². The van der Waals surface area contributed by atoms with Crippen molar-refractivity contribution in [3.63, 3.8) is 0 Å². The lowest BCUT2D eigenvalue weighted by molar-refractivity contribution is 0.607. The maximum absolute atomic E-state index is 13.7. The summed E-state index contributed by atoms with van der Waals surface area (Å²) >= 11 is 0. The molecule has 2 heterocycles. The Morgan fingerprint density at radius 3 is 2.88 bits per heavy atom. The zero-order chi connectivity index (χ0) is 17.8. The molecule has 0 spiro atoms. The predicted octanol–water partition coefficient (Wildman–Crippen LogP) is 2.60. The van der Waals surface area contributed by atoms with Crippen molar-refractivity contribution in [3.8, 4) is 0 Å². The largest absolute Gasteiger partial charge is 0.350 e. The number of guanidine groups is 1. The zero-order valence-electron chi connectivity index (χ0n) is 14.5. The van der Waals surface area contributed by atoms with Crippen LogP contribution in [0.15, 0.2) is 47.6 Å². The van der Waals surface area contributed by atoms with E-state index in [0.29, 0.717) is 18.1 Å². The summed E-state index contributed by atoms with van der Waals surface area (Å²) in [5, 5.41) is 14.8. The van der Waals surface area contributed by atoms with E-state index in [1.807, 2.05) is 41.8 Å². The highest BCUT2D eigenvalue weighted by Crippen LogP contribution is 2.16. The number of hydrogen-bond acceptors (Lipinski definition) is 3. The second-order valence-electron chi connectivity index (χ2n) is 5.85. The Bertz CT molecular complexity index is 901. The lowest BCUT2D eigenvalue weighted by atomic mass is 10.1. The maximum atomic E-state index is 13.7. The van der Waals surface area contributed by atoms with E-state index in [0.717, 1.165) is 17.0 Å². The number of nitrogens with zero attached hydrogens (tertiary/aromatic N) is 4. The molecule has 0 saturated heterocycles. The summed E-state index contributed by atoms with van der Waals surface area (Å²) < 4.78 is 15.7. The molecule has 1 unspecified atom stereocenters. The average molecular weight is 340 g/mol. The molecule has 0 bridgehead atoms. The molecule has 3 aromatic rings. The average Bonchev–Trinajstić information content (AvgIpc) is 3.04. The van der Waals surface area contributed by atoms with Gasteiger partial charge >= 0.3 is 0 Å². The third-order valence-electron chi connectivity index (χ3n) is 4.07. The SMILES string of the molecule is CN=C(NCc1nnc2ccccn12)NC(C)c1ccc(C)c(F)c1. The lowest BCUT2D eigenvalue weighted by Crippen LogP contribution is -2.38. The Hall–Kier alpha value is -2.96. The fraction of sp³-hybridized carbons (Fsp3) is 0.278. The van der Waals surface area contributed by atoms with Gasteiger partial charge in [0.2, 0.25) is 0 Å². The first kappa shape index (κ1) is 16.9. The molecule has 0 aliphatic carbocycles. The van der Waals surface area contributed by atoms with E-state index < -0.39 is 0 Å². The molecule has 0 amide bonds. The van der Waals surface area contributed by atoms with Gasteiger partial charge in [0.15, 0.2) is 17.4 Å². The lowest BCUT2D eigenvalue weighted by Gasteiger charge is -2.18. The highest BCUT2D eigenvalue weighted by atomic mass is 19.1. The van der Waals surface area contributed by atoms with Crippen LogP contribution in [0.25, 0.3) is 5.65 Å². The molecule has 0 radical (unpaired) electrons. The molecule has 0 saturated carbocycles. The van der Waals surface area contributed by atoms with E-state index in [9.17, 15) is 4.39 Å². The zero-order valence-corrected chi connectivity index (χ0v) is 14.5. The Morgan fingerprint density at radius 2 is 2.12 bits per heavy atom. The van der Waals surface area contributed by atoms with Gasteiger partial charge in [-0.05, 0) is 43.2 Å². The summed E-state index contributed by atoms with van der Waals surface area (Å²) in [5.74, 6) is 1.19. The minimum absolute atomic E-state index is 0.0866. The van der Waals surface area contributed by atoms with Crippen molar-refractivity contribution in [1.29, 1.82) is 0 Å². The van der Waals surface area contributed by atoms with Crippen LogP contribution in [0.4, 0.5) is 4.39 Å². The van der Waals surface area contributed by atoms with Crippen LogP contribution in [-0.2, 0) is 6.54 Å². The van der Waals surface area contributed by atoms with Crippen LogP contribution in [0.2, 0.25) is 0 Å². The van der Waals surface area contributed by atoms with E-state index in [2.05, 4.69) is 25.8 Å². The fourth-order valence-corrected chi connectivity index (χ4v) is 2.54. The van der Waals surface area contributed by atoms with E-state index in [4.69, 9.17) is 0 Å². The summed E-state index contributed by atoms with van der Waals surface area (Å²) in [5.41, 5.74) is 2.29. The number of nitrogens with one attached hydrogen (secondary N) is 2. The van der Waals surface area contributed by atoms with E-state index >= 15 is 0 Å². The maximum Gasteiger partial charge on any atom is 0.191 e. The van der Waals surface area contributed by atoms with Crippen LogP contribution in [0.5, 0.6) is 0 Å². The van der Waals surface area contributed by atoms with Crippen LogP contribution >= 0.6 is 0 Å². The van der Waals surface area contributed by atoms with E-state index in [1.165, 1.54) is 0 Å². The standard InChI is InChI=1S/C18H21FN6/c1-12-7-8-14(10-15(12)19)13(2)22-18(20-3)21-11-17-24-23-16-6-4-5-9-25(16)17/h4-10,13H,11H2,1-3H3,(H2,20,21,22). The molecule has 1 aromatic carbocycles. The number of aliphatic imine (C=N–C) groups is 1. The van der Waals surface area contributed by atoms with Gasteiger partial charge in [0.05, 0.1) is 12.6 Å². The molecular formula is C18H21FN6. The van der Waals surface area contributed by atoms with Gasteiger partial charge in [-0.25, -0.2) is 4.39 Å². The molecule has 2 N–H and O–H groups in total. The molecule has 3 rings (SSSR count). The fourth-order valence-electron chi connectivity index (χ4n) is 2.54. The number of pyridine rings is 1. The van der Waals surface area contributed by atoms with Crippen molar-refractivity contribution in [1.82, 2.24) is 25.2 Å². The Kier molecular flexibility index (Phi) is 4.92.